The summed E-state index contributed by atoms with van der Waals surface area (Å²) in [5, 5.41) is 13.9. The minimum atomic E-state index is -0.646. The van der Waals surface area contributed by atoms with E-state index in [0.29, 0.717) is 15.6 Å². The molecular weight excluding hydrogens is 346 g/mol. The van der Waals surface area contributed by atoms with E-state index in [9.17, 15) is 18.9 Å². The first-order valence-corrected chi connectivity index (χ1v) is 6.84. The maximum atomic E-state index is 13.4. The molecule has 7 heteroatoms. The first-order chi connectivity index (χ1) is 9.97. The zero-order valence-electron chi connectivity index (χ0n) is 10.8. The Morgan fingerprint density at radius 2 is 1.76 bits per heavy atom. The standard InChI is InChI=1S/C14H11BrF2N2O2/c15-11-3-1-10(14(5-11)19(20)21)8-18-7-9-2-4-12(16)6-13(9)17/h1-6,18H,7-8H2. The molecule has 0 bridgehead atoms. The Bertz CT molecular complexity index is 680. The van der Waals surface area contributed by atoms with Crippen LogP contribution in [0.1, 0.15) is 11.1 Å². The van der Waals surface area contributed by atoms with Gasteiger partial charge in [-0.15, -0.1) is 0 Å². The zero-order valence-corrected chi connectivity index (χ0v) is 12.4. The zero-order chi connectivity index (χ0) is 15.4. The molecule has 2 aromatic rings. The monoisotopic (exact) mass is 356 g/mol. The van der Waals surface area contributed by atoms with Gasteiger partial charge in [-0.05, 0) is 18.2 Å². The van der Waals surface area contributed by atoms with Crippen LogP contribution in [0.4, 0.5) is 14.5 Å². The summed E-state index contributed by atoms with van der Waals surface area (Å²) in [4.78, 5) is 10.5. The lowest BCUT2D eigenvalue weighted by Crippen LogP contribution is -2.15. The molecule has 2 rings (SSSR count). The fourth-order valence-corrected chi connectivity index (χ4v) is 2.20. The second-order valence-electron chi connectivity index (χ2n) is 4.37. The van der Waals surface area contributed by atoms with Crippen LogP contribution in [0.3, 0.4) is 0 Å². The average Bonchev–Trinajstić information content (AvgIpc) is 2.42. The molecule has 0 fully saturated rings. The molecule has 4 nitrogen and oxygen atoms in total. The summed E-state index contributed by atoms with van der Waals surface area (Å²) in [5.74, 6) is -1.28. The second kappa shape index (κ2) is 6.73. The smallest absolute Gasteiger partial charge is 0.275 e. The largest absolute Gasteiger partial charge is 0.308 e. The van der Waals surface area contributed by atoms with Crippen LogP contribution >= 0.6 is 15.9 Å². The van der Waals surface area contributed by atoms with Crippen molar-refractivity contribution in [3.63, 3.8) is 0 Å². The second-order valence-corrected chi connectivity index (χ2v) is 5.29. The van der Waals surface area contributed by atoms with Gasteiger partial charge in [0, 0.05) is 40.8 Å². The number of benzene rings is 2. The Hall–Kier alpha value is -1.86. The lowest BCUT2D eigenvalue weighted by molar-refractivity contribution is -0.385. The van der Waals surface area contributed by atoms with Crippen molar-refractivity contribution in [3.8, 4) is 0 Å². The van der Waals surface area contributed by atoms with Crippen molar-refractivity contribution in [3.05, 3.63) is 73.7 Å². The van der Waals surface area contributed by atoms with Gasteiger partial charge in [0.25, 0.3) is 5.69 Å². The van der Waals surface area contributed by atoms with Gasteiger partial charge in [0.1, 0.15) is 11.6 Å². The van der Waals surface area contributed by atoms with Gasteiger partial charge in [-0.2, -0.15) is 0 Å². The van der Waals surface area contributed by atoms with Gasteiger partial charge in [-0.1, -0.05) is 22.0 Å². The normalized spacial score (nSPS) is 10.6. The van der Waals surface area contributed by atoms with Crippen molar-refractivity contribution in [2.45, 2.75) is 13.1 Å². The SMILES string of the molecule is O=[N+]([O-])c1cc(Br)ccc1CNCc1ccc(F)cc1F. The molecule has 0 atom stereocenters. The first-order valence-electron chi connectivity index (χ1n) is 6.05. The summed E-state index contributed by atoms with van der Waals surface area (Å²) in [6.45, 7) is 0.361. The quantitative estimate of drug-likeness (QED) is 0.652. The van der Waals surface area contributed by atoms with Crippen LogP contribution in [0.25, 0.3) is 0 Å². The maximum Gasteiger partial charge on any atom is 0.275 e. The molecule has 21 heavy (non-hydrogen) atoms. The molecule has 0 radical (unpaired) electrons. The molecule has 110 valence electrons. The lowest BCUT2D eigenvalue weighted by Gasteiger charge is -2.07. The molecule has 0 unspecified atom stereocenters. The third-order valence-corrected chi connectivity index (χ3v) is 3.38. The Labute approximate surface area is 128 Å². The van der Waals surface area contributed by atoms with Crippen LogP contribution in [-0.2, 0) is 13.1 Å². The van der Waals surface area contributed by atoms with E-state index in [1.165, 1.54) is 18.2 Å². The topological polar surface area (TPSA) is 55.2 Å². The number of nitrogens with one attached hydrogen (secondary N) is 1. The number of halogens is 3. The highest BCUT2D eigenvalue weighted by Gasteiger charge is 2.13. The number of nitrogens with zero attached hydrogens (tertiary/aromatic N) is 1. The molecular formula is C14H11BrF2N2O2. The fraction of sp³-hybridized carbons (Fsp3) is 0.143. The van der Waals surface area contributed by atoms with Crippen molar-refractivity contribution in [2.24, 2.45) is 0 Å². The highest BCUT2D eigenvalue weighted by Crippen LogP contribution is 2.23. The van der Waals surface area contributed by atoms with E-state index in [-0.39, 0.29) is 18.8 Å². The summed E-state index contributed by atoms with van der Waals surface area (Å²) in [7, 11) is 0. The van der Waals surface area contributed by atoms with Gasteiger partial charge in [-0.25, -0.2) is 8.78 Å². The van der Waals surface area contributed by atoms with Crippen molar-refractivity contribution < 1.29 is 13.7 Å². The van der Waals surface area contributed by atoms with Gasteiger partial charge in [-0.3, -0.25) is 10.1 Å². The van der Waals surface area contributed by atoms with Gasteiger partial charge >= 0.3 is 0 Å². The Kier molecular flexibility index (Phi) is 4.98. The Morgan fingerprint density at radius 1 is 1.10 bits per heavy atom. The minimum absolute atomic E-state index is 0.0172. The van der Waals surface area contributed by atoms with Gasteiger partial charge < -0.3 is 5.32 Å². The van der Waals surface area contributed by atoms with E-state index >= 15 is 0 Å². The van der Waals surface area contributed by atoms with E-state index in [1.54, 1.807) is 12.1 Å². The van der Waals surface area contributed by atoms with Crippen LogP contribution in [0.5, 0.6) is 0 Å². The molecule has 0 aliphatic heterocycles. The molecule has 1 N–H and O–H groups in total. The molecule has 0 aromatic heterocycles. The summed E-state index contributed by atoms with van der Waals surface area (Å²) in [6.07, 6.45) is 0. The molecule has 2 aromatic carbocycles. The van der Waals surface area contributed by atoms with Crippen molar-refractivity contribution in [1.29, 1.82) is 0 Å². The van der Waals surface area contributed by atoms with Crippen molar-refractivity contribution in [1.82, 2.24) is 5.32 Å². The van der Waals surface area contributed by atoms with Crippen LogP contribution in [-0.4, -0.2) is 4.92 Å². The Morgan fingerprint density at radius 3 is 2.43 bits per heavy atom. The Balaban J connectivity index is 2.05. The van der Waals surface area contributed by atoms with Gasteiger partial charge in [0.05, 0.1) is 4.92 Å². The number of rotatable bonds is 5. The third kappa shape index (κ3) is 4.05. The molecule has 0 saturated carbocycles. The summed E-state index contributed by atoms with van der Waals surface area (Å²) in [6, 6.07) is 8.04. The van der Waals surface area contributed by atoms with E-state index in [0.717, 1.165) is 6.07 Å². The molecule has 0 heterocycles. The van der Waals surface area contributed by atoms with E-state index in [4.69, 9.17) is 0 Å². The predicted molar refractivity (Wildman–Crippen MR) is 77.7 cm³/mol. The van der Waals surface area contributed by atoms with E-state index in [2.05, 4.69) is 21.2 Å². The number of hydrogen-bond donors (Lipinski definition) is 1. The molecule has 0 aliphatic carbocycles. The summed E-state index contributed by atoms with van der Waals surface area (Å²) < 4.78 is 26.8. The number of nitro benzene ring substituents is 1. The van der Waals surface area contributed by atoms with Crippen molar-refractivity contribution in [2.75, 3.05) is 0 Å². The highest BCUT2D eigenvalue weighted by molar-refractivity contribution is 9.10. The van der Waals surface area contributed by atoms with Gasteiger partial charge in [0.2, 0.25) is 0 Å². The molecule has 0 amide bonds. The van der Waals surface area contributed by atoms with Crippen LogP contribution in [0.15, 0.2) is 40.9 Å². The summed E-state index contributed by atoms with van der Waals surface area (Å²) >= 11 is 3.18. The van der Waals surface area contributed by atoms with Gasteiger partial charge in [0.15, 0.2) is 0 Å². The van der Waals surface area contributed by atoms with Crippen LogP contribution in [0.2, 0.25) is 0 Å². The van der Waals surface area contributed by atoms with E-state index < -0.39 is 16.6 Å². The lowest BCUT2D eigenvalue weighted by atomic mass is 10.1. The average molecular weight is 357 g/mol. The first kappa shape index (κ1) is 15.5. The minimum Gasteiger partial charge on any atom is -0.308 e. The number of hydrogen-bond acceptors (Lipinski definition) is 3. The van der Waals surface area contributed by atoms with Crippen LogP contribution in [0, 0.1) is 21.7 Å². The molecule has 0 spiro atoms. The maximum absolute atomic E-state index is 13.4. The highest BCUT2D eigenvalue weighted by atomic mass is 79.9. The third-order valence-electron chi connectivity index (χ3n) is 2.89. The summed E-state index contributed by atoms with van der Waals surface area (Å²) in [5.41, 5.74) is 0.776. The fourth-order valence-electron chi connectivity index (χ4n) is 1.85. The number of nitro groups is 1. The van der Waals surface area contributed by atoms with Crippen LogP contribution < -0.4 is 5.32 Å². The molecule has 0 saturated heterocycles. The predicted octanol–water partition coefficient (Wildman–Crippen LogP) is 3.93. The van der Waals surface area contributed by atoms with E-state index in [1.807, 2.05) is 0 Å². The van der Waals surface area contributed by atoms with Crippen molar-refractivity contribution >= 4 is 21.6 Å². The molecule has 0 aliphatic rings.